The molecule has 0 unspecified atom stereocenters. The van der Waals surface area contributed by atoms with E-state index in [9.17, 15) is 0 Å². The number of hydrogen-bond donors (Lipinski definition) is 2. The molecule has 0 fully saturated rings. The molecule has 6 heteroatoms. The highest BCUT2D eigenvalue weighted by molar-refractivity contribution is 14.0. The van der Waals surface area contributed by atoms with Gasteiger partial charge in [-0.25, -0.2) is 4.98 Å². The number of nitrogens with zero attached hydrogens (tertiary/aromatic N) is 2. The summed E-state index contributed by atoms with van der Waals surface area (Å²) in [7, 11) is 1.80. The molecule has 0 atom stereocenters. The van der Waals surface area contributed by atoms with Gasteiger partial charge in [-0.15, -0.1) is 35.3 Å². The Morgan fingerprint density at radius 3 is 2.55 bits per heavy atom. The molecule has 20 heavy (non-hydrogen) atoms. The van der Waals surface area contributed by atoms with Crippen molar-refractivity contribution in [2.45, 2.75) is 52.5 Å². The van der Waals surface area contributed by atoms with Crippen LogP contribution >= 0.6 is 35.3 Å². The maximum absolute atomic E-state index is 4.66. The maximum atomic E-state index is 4.66. The first-order valence-electron chi connectivity index (χ1n) is 6.86. The van der Waals surface area contributed by atoms with E-state index in [1.807, 2.05) is 0 Å². The van der Waals surface area contributed by atoms with E-state index in [0.29, 0.717) is 0 Å². The van der Waals surface area contributed by atoms with Gasteiger partial charge >= 0.3 is 0 Å². The normalized spacial score (nSPS) is 11.9. The molecule has 0 saturated heterocycles. The van der Waals surface area contributed by atoms with E-state index in [1.54, 1.807) is 18.4 Å². The van der Waals surface area contributed by atoms with E-state index in [1.165, 1.54) is 6.42 Å². The number of hydrogen-bond acceptors (Lipinski definition) is 3. The van der Waals surface area contributed by atoms with Gasteiger partial charge in [-0.3, -0.25) is 4.99 Å². The molecule has 1 heterocycles. The fourth-order valence-electron chi connectivity index (χ4n) is 1.50. The minimum Gasteiger partial charge on any atom is -0.356 e. The fourth-order valence-corrected chi connectivity index (χ4v) is 2.46. The Morgan fingerprint density at radius 1 is 1.35 bits per heavy atom. The monoisotopic (exact) mass is 410 g/mol. The number of guanidine groups is 1. The molecule has 0 amide bonds. The van der Waals surface area contributed by atoms with Crippen molar-refractivity contribution >= 4 is 41.3 Å². The second kappa shape index (κ2) is 9.55. The summed E-state index contributed by atoms with van der Waals surface area (Å²) < 4.78 is 0. The van der Waals surface area contributed by atoms with Crippen LogP contribution in [0.15, 0.2) is 10.4 Å². The summed E-state index contributed by atoms with van der Waals surface area (Å²) in [6.07, 6.45) is 2.34. The third-order valence-electron chi connectivity index (χ3n) is 2.77. The molecule has 4 nitrogen and oxygen atoms in total. The third-order valence-corrected chi connectivity index (χ3v) is 3.62. The number of unbranched alkanes of at least 4 members (excludes halogenated alkanes) is 1. The number of nitrogens with one attached hydrogen (secondary N) is 2. The van der Waals surface area contributed by atoms with Crippen LogP contribution in [0, 0.1) is 0 Å². The summed E-state index contributed by atoms with van der Waals surface area (Å²) in [5.74, 6) is 0.848. The average molecular weight is 410 g/mol. The van der Waals surface area contributed by atoms with E-state index in [4.69, 9.17) is 0 Å². The van der Waals surface area contributed by atoms with Crippen molar-refractivity contribution in [2.24, 2.45) is 4.99 Å². The highest BCUT2D eigenvalue weighted by Gasteiger charge is 2.17. The van der Waals surface area contributed by atoms with Gasteiger partial charge in [-0.1, -0.05) is 34.1 Å². The molecule has 0 aliphatic carbocycles. The van der Waals surface area contributed by atoms with Crippen LogP contribution in [0.3, 0.4) is 0 Å². The highest BCUT2D eigenvalue weighted by atomic mass is 127. The molecule has 0 aliphatic rings. The predicted octanol–water partition coefficient (Wildman–Crippen LogP) is 3.52. The smallest absolute Gasteiger partial charge is 0.191 e. The van der Waals surface area contributed by atoms with Crippen LogP contribution in [0.1, 0.15) is 51.2 Å². The average Bonchev–Trinajstić information content (AvgIpc) is 2.82. The molecular formula is C14H27IN4S. The van der Waals surface area contributed by atoms with Crippen LogP contribution in [0.25, 0.3) is 0 Å². The highest BCUT2D eigenvalue weighted by Crippen LogP contribution is 2.23. The zero-order valence-corrected chi connectivity index (χ0v) is 16.3. The van der Waals surface area contributed by atoms with Crippen LogP contribution < -0.4 is 10.6 Å². The molecule has 0 spiro atoms. The van der Waals surface area contributed by atoms with E-state index in [0.717, 1.165) is 36.2 Å². The van der Waals surface area contributed by atoms with Gasteiger partial charge in [0.05, 0.1) is 12.2 Å². The third kappa shape index (κ3) is 6.88. The topological polar surface area (TPSA) is 49.3 Å². The van der Waals surface area contributed by atoms with Crippen molar-refractivity contribution in [1.82, 2.24) is 15.6 Å². The summed E-state index contributed by atoms with van der Waals surface area (Å²) in [6.45, 7) is 10.4. The zero-order chi connectivity index (χ0) is 14.3. The van der Waals surface area contributed by atoms with Crippen LogP contribution in [0.2, 0.25) is 0 Å². The number of aliphatic imine (C=N–C) groups is 1. The maximum Gasteiger partial charge on any atom is 0.191 e. The Hall–Kier alpha value is -0.370. The van der Waals surface area contributed by atoms with Crippen LogP contribution in [0.4, 0.5) is 0 Å². The first-order chi connectivity index (χ1) is 8.97. The molecule has 0 aromatic carbocycles. The van der Waals surface area contributed by atoms with Gasteiger partial charge in [-0.05, 0) is 6.42 Å². The molecule has 0 aliphatic heterocycles. The van der Waals surface area contributed by atoms with Crippen LogP contribution in [0.5, 0.6) is 0 Å². The van der Waals surface area contributed by atoms with E-state index >= 15 is 0 Å². The predicted molar refractivity (Wildman–Crippen MR) is 99.3 cm³/mol. The number of thiazole rings is 1. The van der Waals surface area contributed by atoms with Crippen LogP contribution in [-0.4, -0.2) is 24.5 Å². The minimum absolute atomic E-state index is 0. The van der Waals surface area contributed by atoms with E-state index in [-0.39, 0.29) is 29.4 Å². The molecule has 116 valence electrons. The van der Waals surface area contributed by atoms with Gasteiger partial charge in [0.15, 0.2) is 5.96 Å². The number of rotatable bonds is 5. The Morgan fingerprint density at radius 2 is 2.05 bits per heavy atom. The van der Waals surface area contributed by atoms with Crippen molar-refractivity contribution in [3.8, 4) is 0 Å². The summed E-state index contributed by atoms with van der Waals surface area (Å²) in [4.78, 5) is 8.86. The van der Waals surface area contributed by atoms with Crippen molar-refractivity contribution < 1.29 is 0 Å². The Bertz CT molecular complexity index is 410. The number of aromatic nitrogens is 1. The van der Waals surface area contributed by atoms with Gasteiger partial charge in [0, 0.05) is 24.4 Å². The van der Waals surface area contributed by atoms with Crippen molar-refractivity contribution in [2.75, 3.05) is 13.6 Å². The second-order valence-corrected chi connectivity index (χ2v) is 6.53. The molecule has 1 aromatic rings. The van der Waals surface area contributed by atoms with Gasteiger partial charge in [0.2, 0.25) is 0 Å². The van der Waals surface area contributed by atoms with E-state index < -0.39 is 0 Å². The second-order valence-electron chi connectivity index (χ2n) is 5.58. The molecule has 0 bridgehead atoms. The van der Waals surface area contributed by atoms with E-state index in [2.05, 4.69) is 53.7 Å². The number of halogens is 1. The SMILES string of the molecule is CCCCNC(=NC)NCc1nc(C(C)(C)C)cs1.I. The Kier molecular flexibility index (Phi) is 9.37. The fraction of sp³-hybridized carbons (Fsp3) is 0.714. The lowest BCUT2D eigenvalue weighted by atomic mass is 9.93. The quantitative estimate of drug-likeness (QED) is 0.338. The first kappa shape index (κ1) is 19.6. The molecule has 1 rings (SSSR count). The molecule has 0 radical (unpaired) electrons. The lowest BCUT2D eigenvalue weighted by molar-refractivity contribution is 0.570. The van der Waals surface area contributed by atoms with Gasteiger partial charge < -0.3 is 10.6 Å². The minimum atomic E-state index is 0. The molecule has 0 saturated carbocycles. The van der Waals surface area contributed by atoms with Crippen LogP contribution in [-0.2, 0) is 12.0 Å². The molecule has 2 N–H and O–H groups in total. The van der Waals surface area contributed by atoms with Crippen molar-refractivity contribution in [1.29, 1.82) is 0 Å². The standard InChI is InChI=1S/C14H26N4S.HI/c1-6-7-8-16-13(15-5)17-9-12-18-11(10-19-12)14(2,3)4;/h10H,6-9H2,1-5H3,(H2,15,16,17);1H. The zero-order valence-electron chi connectivity index (χ0n) is 13.1. The lowest BCUT2D eigenvalue weighted by Gasteiger charge is -2.14. The summed E-state index contributed by atoms with van der Waals surface area (Å²) in [5, 5.41) is 9.83. The molecule has 1 aromatic heterocycles. The largest absolute Gasteiger partial charge is 0.356 e. The van der Waals surface area contributed by atoms with Crippen molar-refractivity contribution in [3.05, 3.63) is 16.1 Å². The van der Waals surface area contributed by atoms with Gasteiger partial charge in [-0.2, -0.15) is 0 Å². The Labute approximate surface area is 143 Å². The van der Waals surface area contributed by atoms with Gasteiger partial charge in [0.1, 0.15) is 5.01 Å². The summed E-state index contributed by atoms with van der Waals surface area (Å²) in [5.41, 5.74) is 1.28. The summed E-state index contributed by atoms with van der Waals surface area (Å²) >= 11 is 1.70. The first-order valence-corrected chi connectivity index (χ1v) is 7.74. The lowest BCUT2D eigenvalue weighted by Crippen LogP contribution is -2.37. The summed E-state index contributed by atoms with van der Waals surface area (Å²) in [6, 6.07) is 0. The Balaban J connectivity index is 0.00000361. The molecular weight excluding hydrogens is 383 g/mol. The van der Waals surface area contributed by atoms with Gasteiger partial charge in [0.25, 0.3) is 0 Å². The van der Waals surface area contributed by atoms with Crippen molar-refractivity contribution in [3.63, 3.8) is 0 Å².